The van der Waals surface area contributed by atoms with E-state index in [1.165, 1.54) is 32.2 Å². The molecule has 100 valence electrons. The van der Waals surface area contributed by atoms with E-state index in [1.54, 1.807) is 0 Å². The van der Waals surface area contributed by atoms with E-state index in [-0.39, 0.29) is 0 Å². The van der Waals surface area contributed by atoms with Crippen molar-refractivity contribution in [3.8, 4) is 0 Å². The summed E-state index contributed by atoms with van der Waals surface area (Å²) in [4.78, 5) is 0. The molecule has 2 bridgehead atoms. The van der Waals surface area contributed by atoms with Gasteiger partial charge in [-0.15, -0.1) is 0 Å². The van der Waals surface area contributed by atoms with E-state index < -0.39 is 0 Å². The van der Waals surface area contributed by atoms with Crippen molar-refractivity contribution < 1.29 is 0 Å². The molecule has 0 aliphatic heterocycles. The fourth-order valence-electron chi connectivity index (χ4n) is 4.13. The summed E-state index contributed by atoms with van der Waals surface area (Å²) >= 11 is 0. The zero-order valence-corrected chi connectivity index (χ0v) is 12.7. The van der Waals surface area contributed by atoms with E-state index in [0.717, 1.165) is 12.0 Å². The maximum Gasteiger partial charge on any atom is 0.0129 e. The monoisotopic (exact) mass is 237 g/mol. The van der Waals surface area contributed by atoms with Crippen molar-refractivity contribution >= 4 is 0 Å². The quantitative estimate of drug-likeness (QED) is 0.774. The Morgan fingerprint density at radius 3 is 2.24 bits per heavy atom. The summed E-state index contributed by atoms with van der Waals surface area (Å²) in [5.41, 5.74) is 1.54. The number of hydrogen-bond donors (Lipinski definition) is 1. The summed E-state index contributed by atoms with van der Waals surface area (Å²) in [7, 11) is 0. The van der Waals surface area contributed by atoms with Gasteiger partial charge in [0.15, 0.2) is 0 Å². The molecule has 0 radical (unpaired) electrons. The number of fused-ring (bicyclic) bond motifs is 2. The maximum atomic E-state index is 3.87. The van der Waals surface area contributed by atoms with Gasteiger partial charge in [0, 0.05) is 6.04 Å². The van der Waals surface area contributed by atoms with Gasteiger partial charge >= 0.3 is 0 Å². The van der Waals surface area contributed by atoms with Gasteiger partial charge in [-0.3, -0.25) is 0 Å². The average Bonchev–Trinajstić information content (AvgIpc) is 2.48. The van der Waals surface area contributed by atoms with E-state index in [1.807, 2.05) is 0 Å². The Hall–Kier alpha value is -0.0400. The highest BCUT2D eigenvalue weighted by Gasteiger charge is 2.60. The third kappa shape index (κ3) is 2.16. The number of rotatable bonds is 3. The van der Waals surface area contributed by atoms with Crippen LogP contribution in [0.15, 0.2) is 0 Å². The molecule has 1 nitrogen and oxygen atoms in total. The van der Waals surface area contributed by atoms with Gasteiger partial charge in [-0.2, -0.15) is 0 Å². The van der Waals surface area contributed by atoms with Crippen LogP contribution in [0.3, 0.4) is 0 Å². The molecule has 0 heterocycles. The van der Waals surface area contributed by atoms with Gasteiger partial charge in [-0.05, 0) is 54.4 Å². The molecule has 2 saturated carbocycles. The minimum absolute atomic E-state index is 0.459. The predicted octanol–water partition coefficient (Wildman–Crippen LogP) is 4.23. The normalized spacial score (nSPS) is 39.9. The SMILES string of the molecule is CC(C)(C)CCNC1CC2CCC1(C)C2(C)C. The molecule has 3 atom stereocenters. The third-order valence-electron chi connectivity index (χ3n) is 6.06. The number of hydrogen-bond acceptors (Lipinski definition) is 1. The second kappa shape index (κ2) is 3.98. The summed E-state index contributed by atoms with van der Waals surface area (Å²) in [5.74, 6) is 0.958. The highest BCUT2D eigenvalue weighted by molar-refractivity contribution is 5.12. The van der Waals surface area contributed by atoms with Crippen molar-refractivity contribution in [2.24, 2.45) is 22.2 Å². The molecule has 2 fully saturated rings. The van der Waals surface area contributed by atoms with Gasteiger partial charge in [0.1, 0.15) is 0 Å². The Morgan fingerprint density at radius 1 is 1.18 bits per heavy atom. The van der Waals surface area contributed by atoms with Crippen LogP contribution in [-0.2, 0) is 0 Å². The van der Waals surface area contributed by atoms with Crippen LogP contribution < -0.4 is 5.32 Å². The second-order valence-electron chi connectivity index (χ2n) is 8.43. The fourth-order valence-corrected chi connectivity index (χ4v) is 4.13. The summed E-state index contributed by atoms with van der Waals surface area (Å²) in [6.45, 7) is 15.7. The predicted molar refractivity (Wildman–Crippen MR) is 75.1 cm³/mol. The van der Waals surface area contributed by atoms with Gasteiger partial charge in [-0.1, -0.05) is 41.5 Å². The van der Waals surface area contributed by atoms with Crippen LogP contribution in [0.5, 0.6) is 0 Å². The van der Waals surface area contributed by atoms with Crippen LogP contribution in [0.4, 0.5) is 0 Å². The standard InChI is InChI=1S/C16H31N/c1-14(2,3)9-10-17-13-11-12-7-8-16(13,6)15(12,4)5/h12-13,17H,7-11H2,1-6H3. The second-order valence-corrected chi connectivity index (χ2v) is 8.43. The van der Waals surface area contributed by atoms with Crippen LogP contribution in [0.2, 0.25) is 0 Å². The van der Waals surface area contributed by atoms with Gasteiger partial charge in [-0.25, -0.2) is 0 Å². The minimum atomic E-state index is 0.459. The first-order valence-corrected chi connectivity index (χ1v) is 7.40. The Morgan fingerprint density at radius 2 is 1.82 bits per heavy atom. The summed E-state index contributed by atoms with van der Waals surface area (Å²) < 4.78 is 0. The highest BCUT2D eigenvalue weighted by Crippen LogP contribution is 2.65. The molecule has 1 heteroatoms. The van der Waals surface area contributed by atoms with Crippen molar-refractivity contribution in [1.82, 2.24) is 5.32 Å². The fraction of sp³-hybridized carbons (Fsp3) is 1.00. The minimum Gasteiger partial charge on any atom is -0.313 e. The molecule has 0 spiro atoms. The Bertz CT molecular complexity index is 286. The maximum absolute atomic E-state index is 3.87. The average molecular weight is 237 g/mol. The molecule has 2 aliphatic rings. The molecule has 3 unspecified atom stereocenters. The molecule has 0 aromatic carbocycles. The van der Waals surface area contributed by atoms with Gasteiger partial charge in [0.2, 0.25) is 0 Å². The molecule has 17 heavy (non-hydrogen) atoms. The molecule has 0 amide bonds. The third-order valence-corrected chi connectivity index (χ3v) is 6.06. The van der Waals surface area contributed by atoms with Gasteiger partial charge in [0.25, 0.3) is 0 Å². The highest BCUT2D eigenvalue weighted by atomic mass is 15.0. The van der Waals surface area contributed by atoms with Crippen LogP contribution in [0, 0.1) is 22.2 Å². The molecule has 0 aromatic rings. The lowest BCUT2D eigenvalue weighted by molar-refractivity contribution is 0.119. The zero-order valence-electron chi connectivity index (χ0n) is 12.7. The first-order chi connectivity index (χ1) is 7.67. The van der Waals surface area contributed by atoms with Crippen molar-refractivity contribution in [3.05, 3.63) is 0 Å². The Labute approximate surface area is 108 Å². The Kier molecular flexibility index (Phi) is 3.14. The van der Waals surface area contributed by atoms with Crippen molar-refractivity contribution in [2.45, 2.75) is 73.3 Å². The molecule has 1 N–H and O–H groups in total. The molecular formula is C16H31N. The van der Waals surface area contributed by atoms with E-state index in [2.05, 4.69) is 46.9 Å². The van der Waals surface area contributed by atoms with Crippen LogP contribution in [0.25, 0.3) is 0 Å². The lowest BCUT2D eigenvalue weighted by Crippen LogP contribution is -2.45. The lowest BCUT2D eigenvalue weighted by Gasteiger charge is -2.40. The van der Waals surface area contributed by atoms with Gasteiger partial charge in [0.05, 0.1) is 0 Å². The molecule has 2 rings (SSSR count). The summed E-state index contributed by atoms with van der Waals surface area (Å²) in [6, 6.07) is 0.763. The van der Waals surface area contributed by atoms with Gasteiger partial charge < -0.3 is 5.32 Å². The molecule has 0 saturated heterocycles. The summed E-state index contributed by atoms with van der Waals surface area (Å²) in [6.07, 6.45) is 5.58. The van der Waals surface area contributed by atoms with E-state index in [0.29, 0.717) is 16.2 Å². The molecular weight excluding hydrogens is 206 g/mol. The van der Waals surface area contributed by atoms with E-state index in [4.69, 9.17) is 0 Å². The van der Waals surface area contributed by atoms with Crippen LogP contribution >= 0.6 is 0 Å². The zero-order chi connectivity index (χ0) is 12.9. The smallest absolute Gasteiger partial charge is 0.0129 e. The Balaban J connectivity index is 1.93. The molecule has 0 aromatic heterocycles. The first kappa shape index (κ1) is 13.4. The van der Waals surface area contributed by atoms with E-state index >= 15 is 0 Å². The number of nitrogens with one attached hydrogen (secondary N) is 1. The van der Waals surface area contributed by atoms with Crippen molar-refractivity contribution in [3.63, 3.8) is 0 Å². The topological polar surface area (TPSA) is 12.0 Å². The van der Waals surface area contributed by atoms with Crippen molar-refractivity contribution in [2.75, 3.05) is 6.54 Å². The van der Waals surface area contributed by atoms with E-state index in [9.17, 15) is 0 Å². The summed E-state index contributed by atoms with van der Waals surface area (Å²) in [5, 5.41) is 3.87. The van der Waals surface area contributed by atoms with Crippen molar-refractivity contribution in [1.29, 1.82) is 0 Å². The van der Waals surface area contributed by atoms with Crippen LogP contribution in [0.1, 0.15) is 67.2 Å². The molecule has 2 aliphatic carbocycles. The van der Waals surface area contributed by atoms with Crippen LogP contribution in [-0.4, -0.2) is 12.6 Å². The largest absolute Gasteiger partial charge is 0.313 e. The first-order valence-electron chi connectivity index (χ1n) is 7.40. The lowest BCUT2D eigenvalue weighted by atomic mass is 9.69.